The largest absolute Gasteiger partial charge is 0.301 e. The number of hydrogen-bond donors (Lipinski definition) is 0. The van der Waals surface area contributed by atoms with Gasteiger partial charge in [-0.1, -0.05) is 12.1 Å². The number of halogens is 3. The Kier molecular flexibility index (Phi) is 3.28. The van der Waals surface area contributed by atoms with Gasteiger partial charge in [0.1, 0.15) is 5.82 Å². The second-order valence-electron chi connectivity index (χ2n) is 3.34. The fraction of sp³-hybridized carbons (Fsp3) is 0.0833. The van der Waals surface area contributed by atoms with Crippen LogP contribution in [0.3, 0.4) is 0 Å². The summed E-state index contributed by atoms with van der Waals surface area (Å²) >= 11 is 0.976. The third-order valence-corrected chi connectivity index (χ3v) is 3.32. The van der Waals surface area contributed by atoms with Gasteiger partial charge >= 0.3 is 6.43 Å². The average Bonchev–Trinajstić information content (AvgIpc) is 2.78. The Morgan fingerprint density at radius 2 is 1.71 bits per heavy atom. The quantitative estimate of drug-likeness (QED) is 0.758. The van der Waals surface area contributed by atoms with Crippen molar-refractivity contribution in [3.8, 4) is 10.4 Å². The minimum Gasteiger partial charge on any atom is -0.287 e. The number of ketones is 1. The second kappa shape index (κ2) is 4.71. The summed E-state index contributed by atoms with van der Waals surface area (Å²) in [7, 11) is 0. The van der Waals surface area contributed by atoms with E-state index in [0.717, 1.165) is 11.3 Å². The Labute approximate surface area is 99.5 Å². The predicted molar refractivity (Wildman–Crippen MR) is 60.0 cm³/mol. The topological polar surface area (TPSA) is 17.1 Å². The molecule has 0 spiro atoms. The molecule has 1 heterocycles. The molecule has 0 radical (unpaired) electrons. The molecule has 5 heteroatoms. The molecular formula is C12H7F3OS. The standard InChI is InChI=1S/C12H7F3OS/c13-8-3-1-7(2-4-8)9-5-6-10(17-9)11(16)12(14)15/h1-6,12H. The molecule has 0 N–H and O–H groups in total. The Hall–Kier alpha value is -1.62. The number of carbonyl (C=O) groups excluding carboxylic acids is 1. The number of benzene rings is 1. The van der Waals surface area contributed by atoms with Crippen LogP contribution in [0.25, 0.3) is 10.4 Å². The highest BCUT2D eigenvalue weighted by Gasteiger charge is 2.19. The number of thiophene rings is 1. The summed E-state index contributed by atoms with van der Waals surface area (Å²) in [6.07, 6.45) is -2.99. The van der Waals surface area contributed by atoms with Crippen LogP contribution in [0.1, 0.15) is 9.67 Å². The fourth-order valence-corrected chi connectivity index (χ4v) is 2.30. The fourth-order valence-electron chi connectivity index (χ4n) is 1.35. The van der Waals surface area contributed by atoms with E-state index in [4.69, 9.17) is 0 Å². The molecular weight excluding hydrogens is 249 g/mol. The van der Waals surface area contributed by atoms with Gasteiger partial charge in [0.05, 0.1) is 4.88 Å². The maximum absolute atomic E-state index is 12.7. The minimum absolute atomic E-state index is 0.0133. The summed E-state index contributed by atoms with van der Waals surface area (Å²) in [5.41, 5.74) is 0.699. The molecule has 0 aliphatic carbocycles. The lowest BCUT2D eigenvalue weighted by atomic mass is 10.2. The molecule has 0 amide bonds. The summed E-state index contributed by atoms with van der Waals surface area (Å²) in [6.45, 7) is 0. The Bertz CT molecular complexity index is 531. The second-order valence-corrected chi connectivity index (χ2v) is 4.42. The molecule has 0 fully saturated rings. The van der Waals surface area contributed by atoms with Crippen LogP contribution < -0.4 is 0 Å². The van der Waals surface area contributed by atoms with Crippen LogP contribution in [0, 0.1) is 5.82 Å². The van der Waals surface area contributed by atoms with Gasteiger partial charge in [0.2, 0.25) is 5.78 Å². The number of rotatable bonds is 3. The third-order valence-electron chi connectivity index (χ3n) is 2.18. The van der Waals surface area contributed by atoms with Crippen molar-refractivity contribution in [1.29, 1.82) is 0 Å². The summed E-state index contributed by atoms with van der Waals surface area (Å²) in [5.74, 6) is -1.54. The molecule has 1 nitrogen and oxygen atoms in total. The van der Waals surface area contributed by atoms with E-state index in [-0.39, 0.29) is 10.7 Å². The van der Waals surface area contributed by atoms with Gasteiger partial charge in [-0.05, 0) is 29.8 Å². The van der Waals surface area contributed by atoms with E-state index < -0.39 is 12.2 Å². The van der Waals surface area contributed by atoms with E-state index in [1.54, 1.807) is 6.07 Å². The highest BCUT2D eigenvalue weighted by molar-refractivity contribution is 7.17. The predicted octanol–water partition coefficient (Wildman–Crippen LogP) is 4.00. The molecule has 88 valence electrons. The first-order valence-corrected chi connectivity index (χ1v) is 5.58. The van der Waals surface area contributed by atoms with Gasteiger partial charge in [0.25, 0.3) is 0 Å². The van der Waals surface area contributed by atoms with Crippen molar-refractivity contribution < 1.29 is 18.0 Å². The smallest absolute Gasteiger partial charge is 0.287 e. The van der Waals surface area contributed by atoms with Gasteiger partial charge in [0.15, 0.2) is 0 Å². The zero-order chi connectivity index (χ0) is 12.4. The molecule has 0 atom stereocenters. The monoisotopic (exact) mass is 256 g/mol. The number of Topliss-reactive ketones (excluding diaryl/α,β-unsaturated/α-hetero) is 1. The maximum Gasteiger partial charge on any atom is 0.301 e. The Morgan fingerprint density at radius 3 is 2.29 bits per heavy atom. The van der Waals surface area contributed by atoms with E-state index in [9.17, 15) is 18.0 Å². The van der Waals surface area contributed by atoms with Crippen LogP contribution in [0.4, 0.5) is 13.2 Å². The van der Waals surface area contributed by atoms with Crippen LogP contribution in [-0.4, -0.2) is 12.2 Å². The average molecular weight is 256 g/mol. The van der Waals surface area contributed by atoms with Crippen molar-refractivity contribution >= 4 is 17.1 Å². The summed E-state index contributed by atoms with van der Waals surface area (Å²) in [4.78, 5) is 11.7. The molecule has 0 aliphatic rings. The van der Waals surface area contributed by atoms with Gasteiger partial charge in [-0.3, -0.25) is 4.79 Å². The van der Waals surface area contributed by atoms with Crippen molar-refractivity contribution in [3.63, 3.8) is 0 Å². The molecule has 0 saturated heterocycles. The molecule has 0 aliphatic heterocycles. The van der Waals surface area contributed by atoms with Crippen LogP contribution >= 0.6 is 11.3 Å². The van der Waals surface area contributed by atoms with E-state index in [1.807, 2.05) is 0 Å². The normalized spacial score (nSPS) is 10.8. The zero-order valence-corrected chi connectivity index (χ0v) is 9.31. The Balaban J connectivity index is 2.30. The maximum atomic E-state index is 12.7. The van der Waals surface area contributed by atoms with Crippen molar-refractivity contribution in [3.05, 3.63) is 47.1 Å². The minimum atomic E-state index is -2.99. The van der Waals surface area contributed by atoms with E-state index >= 15 is 0 Å². The van der Waals surface area contributed by atoms with Gasteiger partial charge in [-0.15, -0.1) is 11.3 Å². The number of carbonyl (C=O) groups is 1. The van der Waals surface area contributed by atoms with Gasteiger partial charge in [-0.25, -0.2) is 13.2 Å². The van der Waals surface area contributed by atoms with Crippen LogP contribution in [0.5, 0.6) is 0 Å². The Morgan fingerprint density at radius 1 is 1.06 bits per heavy atom. The lowest BCUT2D eigenvalue weighted by Gasteiger charge is -1.96. The van der Waals surface area contributed by atoms with Gasteiger partial charge < -0.3 is 0 Å². The highest BCUT2D eigenvalue weighted by atomic mass is 32.1. The molecule has 2 rings (SSSR count). The van der Waals surface area contributed by atoms with Crippen molar-refractivity contribution in [1.82, 2.24) is 0 Å². The highest BCUT2D eigenvalue weighted by Crippen LogP contribution is 2.29. The number of hydrogen-bond acceptors (Lipinski definition) is 2. The van der Waals surface area contributed by atoms with Crippen LogP contribution in [-0.2, 0) is 0 Å². The SMILES string of the molecule is O=C(c1ccc(-c2ccc(F)cc2)s1)C(F)F. The lowest BCUT2D eigenvalue weighted by Crippen LogP contribution is -2.07. The first kappa shape index (κ1) is 11.9. The summed E-state index contributed by atoms with van der Waals surface area (Å²) in [5, 5.41) is 0. The molecule has 0 bridgehead atoms. The van der Waals surface area contributed by atoms with Crippen molar-refractivity contribution in [2.45, 2.75) is 6.43 Å². The van der Waals surface area contributed by atoms with Crippen molar-refractivity contribution in [2.24, 2.45) is 0 Å². The van der Waals surface area contributed by atoms with E-state index in [1.165, 1.54) is 30.3 Å². The van der Waals surface area contributed by atoms with E-state index in [2.05, 4.69) is 0 Å². The van der Waals surface area contributed by atoms with Crippen LogP contribution in [0.15, 0.2) is 36.4 Å². The van der Waals surface area contributed by atoms with Gasteiger partial charge in [-0.2, -0.15) is 0 Å². The van der Waals surface area contributed by atoms with Crippen molar-refractivity contribution in [2.75, 3.05) is 0 Å². The third kappa shape index (κ3) is 2.55. The molecule has 0 saturated carbocycles. The molecule has 1 aromatic carbocycles. The lowest BCUT2D eigenvalue weighted by molar-refractivity contribution is 0.0683. The molecule has 1 aromatic heterocycles. The van der Waals surface area contributed by atoms with Gasteiger partial charge in [0, 0.05) is 4.88 Å². The zero-order valence-electron chi connectivity index (χ0n) is 8.49. The number of alkyl halides is 2. The summed E-state index contributed by atoms with van der Waals surface area (Å²) in [6, 6.07) is 8.58. The first-order valence-electron chi connectivity index (χ1n) is 4.76. The molecule has 0 unspecified atom stereocenters. The first-order chi connectivity index (χ1) is 8.08. The molecule has 17 heavy (non-hydrogen) atoms. The van der Waals surface area contributed by atoms with Crippen LogP contribution in [0.2, 0.25) is 0 Å². The summed E-state index contributed by atoms with van der Waals surface area (Å²) < 4.78 is 37.1. The molecule has 2 aromatic rings. The van der Waals surface area contributed by atoms with E-state index in [0.29, 0.717) is 10.4 Å².